The van der Waals surface area contributed by atoms with E-state index in [1.54, 1.807) is 22.8 Å². The lowest BCUT2D eigenvalue weighted by Gasteiger charge is -2.14. The van der Waals surface area contributed by atoms with Gasteiger partial charge in [-0.1, -0.05) is 158 Å². The number of hydrogen-bond acceptors (Lipinski definition) is 3. The molecule has 0 N–H and O–H groups in total. The van der Waals surface area contributed by atoms with E-state index in [9.17, 15) is 0 Å². The Morgan fingerprint density at radius 2 is 0.959 bits per heavy atom. The van der Waals surface area contributed by atoms with E-state index >= 15 is 0 Å². The van der Waals surface area contributed by atoms with Gasteiger partial charge in [-0.05, 0) is 40.9 Å². The van der Waals surface area contributed by atoms with Gasteiger partial charge in [-0.25, -0.2) is 15.0 Å². The molecule has 0 spiro atoms. The zero-order chi connectivity index (χ0) is 40.4. The first-order valence-corrected chi connectivity index (χ1v) is 15.7. The Bertz CT molecular complexity index is 3030. The first-order valence-electron chi connectivity index (χ1n) is 20.2. The maximum Gasteiger partial charge on any atom is 0.164 e. The summed E-state index contributed by atoms with van der Waals surface area (Å²) in [6, 6.07) is 36.1. The molecule has 0 aliphatic carbocycles. The van der Waals surface area contributed by atoms with E-state index < -0.39 is 42.3 Å². The summed E-state index contributed by atoms with van der Waals surface area (Å²) in [5, 5.41) is 0.692. The average Bonchev–Trinajstić information content (AvgIpc) is 3.63. The Labute approximate surface area is 297 Å². The highest BCUT2D eigenvalue weighted by Crippen LogP contribution is 2.39. The second-order valence-electron chi connectivity index (χ2n) is 11.4. The lowest BCUT2D eigenvalue weighted by molar-refractivity contribution is 1.07. The summed E-state index contributed by atoms with van der Waals surface area (Å²) in [6.07, 6.45) is 0. The Kier molecular flexibility index (Phi) is 5.11. The molecule has 9 aromatic rings. The van der Waals surface area contributed by atoms with Crippen molar-refractivity contribution in [2.45, 2.75) is 0 Å². The van der Waals surface area contributed by atoms with Gasteiger partial charge in [0, 0.05) is 38.7 Å². The first kappa shape index (κ1) is 20.6. The van der Waals surface area contributed by atoms with Crippen molar-refractivity contribution >= 4 is 21.8 Å². The number of benzene rings is 7. The lowest BCUT2D eigenvalue weighted by atomic mass is 10.0. The summed E-state index contributed by atoms with van der Waals surface area (Å²) in [6.45, 7) is 0. The summed E-state index contributed by atoms with van der Waals surface area (Å²) < 4.78 is 79.7. The minimum atomic E-state index is -0.522. The predicted molar refractivity (Wildman–Crippen MR) is 201 cm³/mol. The van der Waals surface area contributed by atoms with Crippen LogP contribution in [0.25, 0.3) is 83.9 Å². The topological polar surface area (TPSA) is 43.6 Å². The molecule has 0 radical (unpaired) electrons. The molecule has 2 aromatic heterocycles. The zero-order valence-corrected chi connectivity index (χ0v) is 25.9. The summed E-state index contributed by atoms with van der Waals surface area (Å²) in [5.74, 6) is 1.54. The number of hydrogen-bond donors (Lipinski definition) is 0. The van der Waals surface area contributed by atoms with Crippen LogP contribution in [0, 0.1) is 0 Å². The van der Waals surface area contributed by atoms with Crippen molar-refractivity contribution in [1.29, 1.82) is 0 Å². The van der Waals surface area contributed by atoms with E-state index in [1.165, 1.54) is 0 Å². The third kappa shape index (κ3) is 5.26. The van der Waals surface area contributed by atoms with Gasteiger partial charge in [0.15, 0.2) is 17.5 Å². The molecule has 230 valence electrons. The molecule has 0 bridgehead atoms. The molecule has 0 amide bonds. The largest absolute Gasteiger partial charge is 0.309 e. The van der Waals surface area contributed by atoms with Crippen molar-refractivity contribution in [3.05, 3.63) is 182 Å². The molecule has 9 rings (SSSR count). The van der Waals surface area contributed by atoms with E-state index in [0.717, 1.165) is 27.8 Å². The molecule has 7 aromatic carbocycles. The van der Waals surface area contributed by atoms with E-state index in [-0.39, 0.29) is 34.1 Å². The van der Waals surface area contributed by atoms with Crippen LogP contribution in [0.15, 0.2) is 182 Å². The first-order chi connectivity index (χ1) is 28.0. The standard InChI is InChI=1S/C45H30N4/c1-4-15-31(16-5-1)38-26-14-27-40-39-25-10-11-28-41(39)49(42(38)40)37-24-13-22-35(30-37)34-21-12-23-36(29-34)45-47-43(32-17-6-2-7-18-32)46-44(48-45)33-19-8-3-9-20-33/h1-30H/i1D,4D,5D,10D,11D,15D,16D,25D,28D. The fourth-order valence-electron chi connectivity index (χ4n) is 6.21. The van der Waals surface area contributed by atoms with Gasteiger partial charge in [-0.3, -0.25) is 0 Å². The van der Waals surface area contributed by atoms with Crippen LogP contribution in [0.2, 0.25) is 0 Å². The molecular formula is C45H30N4. The van der Waals surface area contributed by atoms with Gasteiger partial charge >= 0.3 is 0 Å². The average molecular weight is 636 g/mol. The van der Waals surface area contributed by atoms with Crippen molar-refractivity contribution in [3.8, 4) is 62.1 Å². The van der Waals surface area contributed by atoms with Crippen molar-refractivity contribution in [1.82, 2.24) is 19.5 Å². The predicted octanol–water partition coefficient (Wildman–Crippen LogP) is 11.3. The zero-order valence-electron chi connectivity index (χ0n) is 34.9. The summed E-state index contributed by atoms with van der Waals surface area (Å²) >= 11 is 0. The van der Waals surface area contributed by atoms with Crippen LogP contribution in [0.3, 0.4) is 0 Å². The summed E-state index contributed by atoms with van der Waals surface area (Å²) in [5.41, 5.74) is 5.38. The maximum absolute atomic E-state index is 9.11. The Morgan fingerprint density at radius 1 is 0.408 bits per heavy atom. The summed E-state index contributed by atoms with van der Waals surface area (Å²) in [4.78, 5) is 14.6. The molecule has 0 fully saturated rings. The molecule has 0 atom stereocenters. The van der Waals surface area contributed by atoms with Crippen LogP contribution in [-0.2, 0) is 0 Å². The van der Waals surface area contributed by atoms with Crippen LogP contribution in [0.5, 0.6) is 0 Å². The number of aromatic nitrogens is 4. The monoisotopic (exact) mass is 635 g/mol. The highest BCUT2D eigenvalue weighted by molar-refractivity contribution is 6.13. The Balaban J connectivity index is 1.27. The van der Waals surface area contributed by atoms with Crippen LogP contribution in [-0.4, -0.2) is 19.5 Å². The quantitative estimate of drug-likeness (QED) is 0.183. The van der Waals surface area contributed by atoms with Crippen LogP contribution in [0.4, 0.5) is 0 Å². The molecule has 0 unspecified atom stereocenters. The number of rotatable bonds is 6. The molecular weight excluding hydrogens is 597 g/mol. The van der Waals surface area contributed by atoms with Crippen LogP contribution in [0.1, 0.15) is 12.3 Å². The smallest absolute Gasteiger partial charge is 0.164 e. The lowest BCUT2D eigenvalue weighted by Crippen LogP contribution is -2.00. The van der Waals surface area contributed by atoms with Gasteiger partial charge < -0.3 is 4.57 Å². The van der Waals surface area contributed by atoms with Crippen LogP contribution < -0.4 is 0 Å². The van der Waals surface area contributed by atoms with E-state index in [0.29, 0.717) is 34.1 Å². The molecule has 49 heavy (non-hydrogen) atoms. The van der Waals surface area contributed by atoms with Gasteiger partial charge in [0.25, 0.3) is 0 Å². The fourth-order valence-corrected chi connectivity index (χ4v) is 6.21. The number of para-hydroxylation sites is 2. The molecule has 2 heterocycles. The van der Waals surface area contributed by atoms with E-state index in [2.05, 4.69) is 0 Å². The van der Waals surface area contributed by atoms with Crippen molar-refractivity contribution in [2.24, 2.45) is 0 Å². The minimum Gasteiger partial charge on any atom is -0.309 e. The molecule has 4 nitrogen and oxygen atoms in total. The van der Waals surface area contributed by atoms with Gasteiger partial charge in [0.2, 0.25) is 0 Å². The van der Waals surface area contributed by atoms with Gasteiger partial charge in [0.1, 0.15) is 0 Å². The van der Waals surface area contributed by atoms with E-state index in [4.69, 9.17) is 27.3 Å². The minimum absolute atomic E-state index is 0.0399. The number of nitrogens with zero attached hydrogens (tertiary/aromatic N) is 4. The van der Waals surface area contributed by atoms with Crippen molar-refractivity contribution < 1.29 is 12.3 Å². The highest BCUT2D eigenvalue weighted by Gasteiger charge is 2.17. The SMILES string of the molecule is [2H]c1c([2H])c([2H])c(-c2cccc3c4c([2H])c([2H])c([2H])c([2H])c4n(-c4cccc(-c5cccc(-c6nc(-c7ccccc7)nc(-c7ccccc7)n6)c5)c4)c23)c([2H])c1[2H]. The Hall–Kier alpha value is -6.65. The van der Waals surface area contributed by atoms with Gasteiger partial charge in [-0.15, -0.1) is 0 Å². The fraction of sp³-hybridized carbons (Fsp3) is 0. The normalized spacial score (nSPS) is 13.8. The number of fused-ring (bicyclic) bond motifs is 3. The van der Waals surface area contributed by atoms with Gasteiger partial charge in [-0.2, -0.15) is 0 Å². The molecule has 0 aliphatic rings. The van der Waals surface area contributed by atoms with Crippen molar-refractivity contribution in [2.75, 3.05) is 0 Å². The molecule has 0 saturated heterocycles. The third-order valence-electron chi connectivity index (χ3n) is 8.45. The Morgan fingerprint density at radius 3 is 1.67 bits per heavy atom. The summed E-state index contributed by atoms with van der Waals surface area (Å²) in [7, 11) is 0. The third-order valence-corrected chi connectivity index (χ3v) is 8.45. The molecule has 4 heteroatoms. The van der Waals surface area contributed by atoms with E-state index in [1.807, 2.05) is 109 Å². The molecule has 0 saturated carbocycles. The second-order valence-corrected chi connectivity index (χ2v) is 11.4. The highest BCUT2D eigenvalue weighted by atomic mass is 15.0. The maximum atomic E-state index is 9.11. The van der Waals surface area contributed by atoms with Crippen LogP contribution >= 0.6 is 0 Å². The van der Waals surface area contributed by atoms with Gasteiger partial charge in [0.05, 0.1) is 23.4 Å². The molecule has 0 aliphatic heterocycles. The second kappa shape index (κ2) is 12.2. The van der Waals surface area contributed by atoms with Crippen molar-refractivity contribution in [3.63, 3.8) is 0 Å².